The van der Waals surface area contributed by atoms with Gasteiger partial charge in [-0.25, -0.2) is 0 Å². The second-order valence-electron chi connectivity index (χ2n) is 10.7. The van der Waals surface area contributed by atoms with E-state index in [1.54, 1.807) is 0 Å². The van der Waals surface area contributed by atoms with Crippen molar-refractivity contribution in [1.82, 2.24) is 0 Å². The van der Waals surface area contributed by atoms with Crippen molar-refractivity contribution in [3.8, 4) is 0 Å². The zero-order valence-electron chi connectivity index (χ0n) is 22.8. The Labute approximate surface area is 214 Å². The van der Waals surface area contributed by atoms with Crippen LogP contribution in [0.5, 0.6) is 0 Å². The Bertz CT molecular complexity index is 284. The molecular formula is C31H63Br. The summed E-state index contributed by atoms with van der Waals surface area (Å²) >= 11 is 3.95. The minimum atomic E-state index is 0.780. The molecule has 0 rings (SSSR count). The lowest BCUT2D eigenvalue weighted by Crippen LogP contribution is -1.97. The van der Waals surface area contributed by atoms with E-state index >= 15 is 0 Å². The molecule has 0 heterocycles. The molecule has 0 amide bonds. The van der Waals surface area contributed by atoms with Crippen LogP contribution in [0.2, 0.25) is 0 Å². The van der Waals surface area contributed by atoms with Gasteiger partial charge in [0.05, 0.1) is 0 Å². The molecule has 0 aromatic heterocycles. The maximum atomic E-state index is 3.95. The van der Waals surface area contributed by atoms with Crippen molar-refractivity contribution in [3.63, 3.8) is 0 Å². The number of hydrogen-bond donors (Lipinski definition) is 0. The van der Waals surface area contributed by atoms with Gasteiger partial charge in [-0.3, -0.25) is 0 Å². The van der Waals surface area contributed by atoms with E-state index in [0.29, 0.717) is 0 Å². The largest absolute Gasteiger partial charge is 0.0891 e. The van der Waals surface area contributed by atoms with Crippen LogP contribution in [-0.4, -0.2) is 4.83 Å². The molecule has 0 aliphatic heterocycles. The van der Waals surface area contributed by atoms with Crippen LogP contribution in [0.15, 0.2) is 0 Å². The third-order valence-corrected chi connectivity index (χ3v) is 8.16. The number of alkyl halides is 1. The summed E-state index contributed by atoms with van der Waals surface area (Å²) in [6.07, 6.45) is 40.7. The lowest BCUT2D eigenvalue weighted by atomic mass is 10.0. The van der Waals surface area contributed by atoms with Crippen LogP contribution in [0.4, 0.5) is 0 Å². The fraction of sp³-hybridized carbons (Fsp3) is 1.00. The molecule has 0 nitrogen and oxygen atoms in total. The van der Waals surface area contributed by atoms with Gasteiger partial charge in [0.1, 0.15) is 0 Å². The minimum Gasteiger partial charge on any atom is -0.0891 e. The van der Waals surface area contributed by atoms with Crippen LogP contribution in [0.25, 0.3) is 0 Å². The van der Waals surface area contributed by atoms with Crippen molar-refractivity contribution in [3.05, 3.63) is 0 Å². The van der Waals surface area contributed by atoms with Gasteiger partial charge in [-0.15, -0.1) is 0 Å². The van der Waals surface area contributed by atoms with Crippen molar-refractivity contribution in [2.75, 3.05) is 0 Å². The second kappa shape index (κ2) is 29.5. The van der Waals surface area contributed by atoms with Crippen LogP contribution in [0.1, 0.15) is 194 Å². The molecule has 0 aliphatic carbocycles. The summed E-state index contributed by atoms with van der Waals surface area (Å²) in [5, 5.41) is 0. The van der Waals surface area contributed by atoms with Gasteiger partial charge >= 0.3 is 0 Å². The summed E-state index contributed by atoms with van der Waals surface area (Å²) in [4.78, 5) is 0.780. The van der Waals surface area contributed by atoms with Gasteiger partial charge in [0.2, 0.25) is 0 Å². The molecule has 0 N–H and O–H groups in total. The SMILES string of the molecule is CCCCCCCCCCCCCCCC(Br)CCCCCCCCCCCCCCC. The number of hydrogen-bond acceptors (Lipinski definition) is 0. The van der Waals surface area contributed by atoms with E-state index in [4.69, 9.17) is 0 Å². The third kappa shape index (κ3) is 28.5. The van der Waals surface area contributed by atoms with Crippen LogP contribution in [0.3, 0.4) is 0 Å². The predicted octanol–water partition coefficient (Wildman–Crippen LogP) is 12.7. The molecule has 194 valence electrons. The van der Waals surface area contributed by atoms with Crippen molar-refractivity contribution in [2.45, 2.75) is 198 Å². The Hall–Kier alpha value is 0.480. The lowest BCUT2D eigenvalue weighted by Gasteiger charge is -2.09. The van der Waals surface area contributed by atoms with Crippen molar-refractivity contribution < 1.29 is 0 Å². The highest BCUT2D eigenvalue weighted by molar-refractivity contribution is 9.09. The van der Waals surface area contributed by atoms with Crippen molar-refractivity contribution in [2.24, 2.45) is 0 Å². The standard InChI is InChI=1S/C31H63Br/c1-3-5-7-9-11-13-15-17-19-21-23-25-27-29-31(32)30-28-26-24-22-20-18-16-14-12-10-8-6-4-2/h31H,3-30H2,1-2H3. The zero-order valence-corrected chi connectivity index (χ0v) is 24.3. The molecule has 0 atom stereocenters. The highest BCUT2D eigenvalue weighted by atomic mass is 79.9. The molecule has 32 heavy (non-hydrogen) atoms. The average molecular weight is 516 g/mol. The number of halogens is 1. The maximum Gasteiger partial charge on any atom is 0.0145 e. The summed E-state index contributed by atoms with van der Waals surface area (Å²) in [7, 11) is 0. The van der Waals surface area contributed by atoms with Gasteiger partial charge in [0.15, 0.2) is 0 Å². The highest BCUT2D eigenvalue weighted by Gasteiger charge is 2.04. The molecule has 0 aromatic carbocycles. The third-order valence-electron chi connectivity index (χ3n) is 7.24. The number of unbranched alkanes of at least 4 members (excludes halogenated alkanes) is 24. The molecule has 0 aliphatic rings. The summed E-state index contributed by atoms with van der Waals surface area (Å²) in [6.45, 7) is 4.61. The molecule has 0 fully saturated rings. The first kappa shape index (κ1) is 32.5. The topological polar surface area (TPSA) is 0 Å². The van der Waals surface area contributed by atoms with E-state index in [-0.39, 0.29) is 0 Å². The smallest absolute Gasteiger partial charge is 0.0145 e. The van der Waals surface area contributed by atoms with Gasteiger partial charge < -0.3 is 0 Å². The summed E-state index contributed by atoms with van der Waals surface area (Å²) in [5.41, 5.74) is 0. The summed E-state index contributed by atoms with van der Waals surface area (Å²) in [6, 6.07) is 0. The molecular weight excluding hydrogens is 452 g/mol. The van der Waals surface area contributed by atoms with Gasteiger partial charge in [-0.2, -0.15) is 0 Å². The molecule has 0 bridgehead atoms. The first-order chi connectivity index (χ1) is 15.8. The van der Waals surface area contributed by atoms with Crippen LogP contribution >= 0.6 is 15.9 Å². The fourth-order valence-corrected chi connectivity index (χ4v) is 5.56. The summed E-state index contributed by atoms with van der Waals surface area (Å²) < 4.78 is 0. The molecule has 1 heteroatoms. The van der Waals surface area contributed by atoms with Gasteiger partial charge in [0.25, 0.3) is 0 Å². The van der Waals surface area contributed by atoms with Gasteiger partial charge in [-0.05, 0) is 12.8 Å². The minimum absolute atomic E-state index is 0.780. The van der Waals surface area contributed by atoms with E-state index in [2.05, 4.69) is 29.8 Å². The monoisotopic (exact) mass is 514 g/mol. The van der Waals surface area contributed by atoms with E-state index in [1.807, 2.05) is 0 Å². The van der Waals surface area contributed by atoms with Crippen molar-refractivity contribution in [1.29, 1.82) is 0 Å². The molecule has 0 saturated carbocycles. The second-order valence-corrected chi connectivity index (χ2v) is 12.0. The fourth-order valence-electron chi connectivity index (χ4n) is 4.91. The number of rotatable bonds is 28. The van der Waals surface area contributed by atoms with E-state index in [1.165, 1.54) is 180 Å². The Balaban J connectivity index is 3.13. The lowest BCUT2D eigenvalue weighted by molar-refractivity contribution is 0.519. The normalized spacial score (nSPS) is 11.6. The molecule has 0 radical (unpaired) electrons. The summed E-state index contributed by atoms with van der Waals surface area (Å²) in [5.74, 6) is 0. The van der Waals surface area contributed by atoms with Crippen LogP contribution in [-0.2, 0) is 0 Å². The molecule has 0 saturated heterocycles. The van der Waals surface area contributed by atoms with Crippen molar-refractivity contribution >= 4 is 15.9 Å². The van der Waals surface area contributed by atoms with E-state index in [9.17, 15) is 0 Å². The Morgan fingerprint density at radius 2 is 0.500 bits per heavy atom. The molecule has 0 aromatic rings. The van der Waals surface area contributed by atoms with Gasteiger partial charge in [0, 0.05) is 4.83 Å². The first-order valence-corrected chi connectivity index (χ1v) is 16.4. The Morgan fingerprint density at radius 3 is 0.719 bits per heavy atom. The maximum absolute atomic E-state index is 3.95. The zero-order chi connectivity index (χ0) is 23.4. The average Bonchev–Trinajstić information content (AvgIpc) is 2.80. The van der Waals surface area contributed by atoms with Crippen LogP contribution in [0, 0.1) is 0 Å². The molecule has 0 spiro atoms. The van der Waals surface area contributed by atoms with E-state index in [0.717, 1.165) is 4.83 Å². The highest BCUT2D eigenvalue weighted by Crippen LogP contribution is 2.20. The van der Waals surface area contributed by atoms with Gasteiger partial charge in [-0.1, -0.05) is 197 Å². The Morgan fingerprint density at radius 1 is 0.312 bits per heavy atom. The molecule has 0 unspecified atom stereocenters. The first-order valence-electron chi connectivity index (χ1n) is 15.4. The van der Waals surface area contributed by atoms with E-state index < -0.39 is 0 Å². The quantitative estimate of drug-likeness (QED) is 0.0718. The van der Waals surface area contributed by atoms with Crippen LogP contribution < -0.4 is 0 Å². The predicted molar refractivity (Wildman–Crippen MR) is 153 cm³/mol. The Kier molecular flexibility index (Phi) is 30.0.